The van der Waals surface area contributed by atoms with Crippen LogP contribution in [-0.4, -0.2) is 36.6 Å². The van der Waals surface area contributed by atoms with E-state index >= 15 is 0 Å². The van der Waals surface area contributed by atoms with Crippen LogP contribution in [0.3, 0.4) is 0 Å². The first-order valence-corrected chi connectivity index (χ1v) is 7.93. The van der Waals surface area contributed by atoms with Crippen LogP contribution in [-0.2, 0) is 6.42 Å². The van der Waals surface area contributed by atoms with Crippen molar-refractivity contribution in [1.82, 2.24) is 10.2 Å². The highest BCUT2D eigenvalue weighted by Crippen LogP contribution is 2.15. The molecular weight excluding hydrogens is 268 g/mol. The summed E-state index contributed by atoms with van der Waals surface area (Å²) in [5, 5.41) is 3.70. The van der Waals surface area contributed by atoms with E-state index in [0.29, 0.717) is 12.1 Å². The molecule has 1 fully saturated rings. The summed E-state index contributed by atoms with van der Waals surface area (Å²) < 4.78 is 0. The van der Waals surface area contributed by atoms with Crippen LogP contribution in [0.5, 0.6) is 0 Å². The molecule has 1 aliphatic rings. The van der Waals surface area contributed by atoms with Gasteiger partial charge in [0.2, 0.25) is 0 Å². The molecule has 20 heavy (non-hydrogen) atoms. The zero-order valence-corrected chi connectivity index (χ0v) is 13.2. The fourth-order valence-electron chi connectivity index (χ4n) is 2.91. The summed E-state index contributed by atoms with van der Waals surface area (Å²) >= 11 is 5.82. The first-order valence-electron chi connectivity index (χ1n) is 7.50. The lowest BCUT2D eigenvalue weighted by Gasteiger charge is -2.40. The minimum absolute atomic E-state index is 0.531. The van der Waals surface area contributed by atoms with Gasteiger partial charge >= 0.3 is 0 Å². The number of benzene rings is 1. The van der Waals surface area contributed by atoms with E-state index in [9.17, 15) is 0 Å². The van der Waals surface area contributed by atoms with Gasteiger partial charge in [-0.15, -0.1) is 0 Å². The average Bonchev–Trinajstić information content (AvgIpc) is 2.48. The molecule has 1 saturated heterocycles. The largest absolute Gasteiger partial charge is 0.311 e. The van der Waals surface area contributed by atoms with Crippen LogP contribution in [0.2, 0.25) is 0 Å². The van der Waals surface area contributed by atoms with Gasteiger partial charge in [0.25, 0.3) is 0 Å². The first kappa shape index (κ1) is 15.6. The molecule has 0 saturated carbocycles. The number of piperazine rings is 1. The maximum Gasteiger partial charge on any atom is 0.0236 e. The zero-order chi connectivity index (χ0) is 14.4. The highest BCUT2D eigenvalue weighted by atomic mass is 35.5. The molecule has 3 heteroatoms. The summed E-state index contributed by atoms with van der Waals surface area (Å²) in [5.74, 6) is 0. The molecule has 0 radical (unpaired) electrons. The second-order valence-electron chi connectivity index (χ2n) is 5.74. The van der Waals surface area contributed by atoms with Gasteiger partial charge in [-0.1, -0.05) is 48.9 Å². The number of rotatable bonds is 5. The Morgan fingerprint density at radius 2 is 2.15 bits per heavy atom. The Balaban J connectivity index is 1.96. The van der Waals surface area contributed by atoms with Crippen molar-refractivity contribution in [3.05, 3.63) is 47.0 Å². The monoisotopic (exact) mass is 292 g/mol. The summed E-state index contributed by atoms with van der Waals surface area (Å²) in [6, 6.07) is 11.9. The molecule has 0 spiro atoms. The fourth-order valence-corrected chi connectivity index (χ4v) is 2.98. The van der Waals surface area contributed by atoms with Gasteiger partial charge < -0.3 is 5.32 Å². The van der Waals surface area contributed by atoms with Gasteiger partial charge in [-0.3, -0.25) is 4.90 Å². The normalized spacial score (nSPS) is 24.9. The SMILES string of the molecule is CCC1CNC(Cc2ccccc2)CN1C/C(C)=C/Cl. The highest BCUT2D eigenvalue weighted by molar-refractivity contribution is 6.25. The lowest BCUT2D eigenvalue weighted by molar-refractivity contribution is 0.138. The lowest BCUT2D eigenvalue weighted by atomic mass is 10.00. The quantitative estimate of drug-likeness (QED) is 0.894. The minimum atomic E-state index is 0.531. The van der Waals surface area contributed by atoms with E-state index in [4.69, 9.17) is 11.6 Å². The van der Waals surface area contributed by atoms with Crippen molar-refractivity contribution < 1.29 is 0 Å². The summed E-state index contributed by atoms with van der Waals surface area (Å²) in [7, 11) is 0. The van der Waals surface area contributed by atoms with E-state index in [0.717, 1.165) is 26.1 Å². The molecule has 0 bridgehead atoms. The van der Waals surface area contributed by atoms with Crippen LogP contribution in [0.25, 0.3) is 0 Å². The van der Waals surface area contributed by atoms with Crippen molar-refractivity contribution in [2.75, 3.05) is 19.6 Å². The van der Waals surface area contributed by atoms with Gasteiger partial charge in [-0.05, 0) is 30.9 Å². The van der Waals surface area contributed by atoms with Crippen LogP contribution < -0.4 is 5.32 Å². The van der Waals surface area contributed by atoms with Gasteiger partial charge in [0.1, 0.15) is 0 Å². The summed E-state index contributed by atoms with van der Waals surface area (Å²) in [6.07, 6.45) is 2.28. The van der Waals surface area contributed by atoms with Gasteiger partial charge in [0, 0.05) is 37.3 Å². The van der Waals surface area contributed by atoms with E-state index in [1.807, 2.05) is 0 Å². The van der Waals surface area contributed by atoms with Gasteiger partial charge in [0.05, 0.1) is 0 Å². The number of halogens is 1. The molecule has 0 aliphatic carbocycles. The van der Waals surface area contributed by atoms with E-state index in [1.165, 1.54) is 17.6 Å². The Bertz CT molecular complexity index is 430. The average molecular weight is 293 g/mol. The molecule has 2 rings (SSSR count). The molecule has 1 heterocycles. The molecule has 0 amide bonds. The Morgan fingerprint density at radius 3 is 2.80 bits per heavy atom. The number of hydrogen-bond acceptors (Lipinski definition) is 2. The number of nitrogens with one attached hydrogen (secondary N) is 1. The van der Waals surface area contributed by atoms with Crippen molar-refractivity contribution in [2.24, 2.45) is 0 Å². The summed E-state index contributed by atoms with van der Waals surface area (Å²) in [4.78, 5) is 2.57. The van der Waals surface area contributed by atoms with Gasteiger partial charge in [0.15, 0.2) is 0 Å². The molecule has 1 N–H and O–H groups in total. The van der Waals surface area contributed by atoms with Crippen molar-refractivity contribution in [1.29, 1.82) is 0 Å². The molecule has 2 unspecified atom stereocenters. The minimum Gasteiger partial charge on any atom is -0.311 e. The molecule has 1 aromatic rings. The third-order valence-corrected chi connectivity index (χ3v) is 4.42. The van der Waals surface area contributed by atoms with E-state index in [-0.39, 0.29) is 0 Å². The molecule has 2 atom stereocenters. The van der Waals surface area contributed by atoms with Crippen LogP contribution in [0.1, 0.15) is 25.8 Å². The molecular formula is C17H25ClN2. The topological polar surface area (TPSA) is 15.3 Å². The standard InChI is InChI=1S/C17H25ClN2/c1-3-17-11-19-16(9-15-7-5-4-6-8-15)13-20(17)12-14(2)10-18/h4-8,10,16-17,19H,3,9,11-13H2,1-2H3/b14-10+. The van der Waals surface area contributed by atoms with Gasteiger partial charge in [-0.2, -0.15) is 0 Å². The third kappa shape index (κ3) is 4.34. The smallest absolute Gasteiger partial charge is 0.0236 e. The fraction of sp³-hybridized carbons (Fsp3) is 0.529. The Labute approximate surface area is 127 Å². The molecule has 1 aromatic carbocycles. The predicted molar refractivity (Wildman–Crippen MR) is 87.2 cm³/mol. The Morgan fingerprint density at radius 1 is 1.40 bits per heavy atom. The molecule has 2 nitrogen and oxygen atoms in total. The van der Waals surface area contributed by atoms with Crippen LogP contribution in [0.15, 0.2) is 41.4 Å². The van der Waals surface area contributed by atoms with Crippen LogP contribution in [0, 0.1) is 0 Å². The Hall–Kier alpha value is -0.830. The van der Waals surface area contributed by atoms with Crippen molar-refractivity contribution in [3.63, 3.8) is 0 Å². The molecule has 0 aromatic heterocycles. The van der Waals surface area contributed by atoms with Gasteiger partial charge in [-0.25, -0.2) is 0 Å². The zero-order valence-electron chi connectivity index (χ0n) is 12.5. The van der Waals surface area contributed by atoms with Crippen molar-refractivity contribution >= 4 is 11.6 Å². The van der Waals surface area contributed by atoms with Crippen LogP contribution >= 0.6 is 11.6 Å². The number of hydrogen-bond donors (Lipinski definition) is 1. The van der Waals surface area contributed by atoms with E-state index in [1.54, 1.807) is 5.54 Å². The van der Waals surface area contributed by atoms with Crippen LogP contribution in [0.4, 0.5) is 0 Å². The van der Waals surface area contributed by atoms with Crippen molar-refractivity contribution in [3.8, 4) is 0 Å². The molecule has 110 valence electrons. The second-order valence-corrected chi connectivity index (χ2v) is 5.96. The summed E-state index contributed by atoms with van der Waals surface area (Å²) in [5.41, 5.74) is 4.36. The first-order chi connectivity index (χ1) is 9.72. The number of nitrogens with zero attached hydrogens (tertiary/aromatic N) is 1. The lowest BCUT2D eigenvalue weighted by Crippen LogP contribution is -2.57. The third-order valence-electron chi connectivity index (χ3n) is 4.05. The predicted octanol–water partition coefficient (Wildman–Crippen LogP) is 3.42. The summed E-state index contributed by atoms with van der Waals surface area (Å²) in [6.45, 7) is 7.51. The van der Waals surface area contributed by atoms with E-state index in [2.05, 4.69) is 54.4 Å². The maximum absolute atomic E-state index is 5.82. The Kier molecular flexibility index (Phi) is 6.08. The molecule has 1 aliphatic heterocycles. The van der Waals surface area contributed by atoms with E-state index < -0.39 is 0 Å². The maximum atomic E-state index is 5.82. The highest BCUT2D eigenvalue weighted by Gasteiger charge is 2.26. The second kappa shape index (κ2) is 7.82. The van der Waals surface area contributed by atoms with Crippen molar-refractivity contribution in [2.45, 2.75) is 38.8 Å².